The molecule has 1 fully saturated rings. The fourth-order valence-electron chi connectivity index (χ4n) is 3.88. The third-order valence-corrected chi connectivity index (χ3v) is 8.89. The Labute approximate surface area is 193 Å². The van der Waals surface area contributed by atoms with Crippen LogP contribution in [0.1, 0.15) is 37.6 Å². The van der Waals surface area contributed by atoms with Crippen molar-refractivity contribution in [3.05, 3.63) is 29.6 Å². The van der Waals surface area contributed by atoms with Gasteiger partial charge in [0.2, 0.25) is 15.9 Å². The Morgan fingerprint density at radius 3 is 2.72 bits per heavy atom. The number of morpholine rings is 1. The van der Waals surface area contributed by atoms with E-state index in [0.717, 1.165) is 36.8 Å². The number of sulfonamides is 1. The molecular formula is C21H29N5O4S2. The molecule has 1 aromatic carbocycles. The number of hydrogen-bond acceptors (Lipinski definition) is 7. The van der Waals surface area contributed by atoms with Crippen molar-refractivity contribution in [2.45, 2.75) is 61.4 Å². The van der Waals surface area contributed by atoms with Crippen molar-refractivity contribution in [1.29, 1.82) is 0 Å². The molecule has 2 aliphatic heterocycles. The highest BCUT2D eigenvalue weighted by molar-refractivity contribution is 8.00. The van der Waals surface area contributed by atoms with Gasteiger partial charge in [-0.3, -0.25) is 4.79 Å². The lowest BCUT2D eigenvalue weighted by Crippen LogP contribution is -2.40. The average molecular weight is 480 g/mol. The number of carbonyl (C=O) groups is 1. The maximum Gasteiger partial charge on any atom is 0.243 e. The van der Waals surface area contributed by atoms with Gasteiger partial charge in [0, 0.05) is 31.7 Å². The van der Waals surface area contributed by atoms with E-state index in [4.69, 9.17) is 4.74 Å². The fourth-order valence-corrected chi connectivity index (χ4v) is 6.44. The van der Waals surface area contributed by atoms with Gasteiger partial charge in [-0.05, 0) is 44.4 Å². The monoisotopic (exact) mass is 479 g/mol. The highest BCUT2D eigenvalue weighted by atomic mass is 32.2. The molecule has 1 atom stereocenters. The summed E-state index contributed by atoms with van der Waals surface area (Å²) in [6, 6.07) is 4.99. The van der Waals surface area contributed by atoms with Crippen molar-refractivity contribution < 1.29 is 17.9 Å². The van der Waals surface area contributed by atoms with Crippen LogP contribution in [-0.2, 0) is 32.5 Å². The van der Waals surface area contributed by atoms with Gasteiger partial charge in [0.05, 0.1) is 23.4 Å². The number of nitrogens with one attached hydrogen (secondary N) is 1. The molecule has 0 saturated carbocycles. The first-order chi connectivity index (χ1) is 15.4. The summed E-state index contributed by atoms with van der Waals surface area (Å²) in [7, 11) is -3.65. The van der Waals surface area contributed by atoms with Crippen LogP contribution in [0.25, 0.3) is 0 Å². The van der Waals surface area contributed by atoms with Crippen molar-refractivity contribution in [1.82, 2.24) is 19.1 Å². The van der Waals surface area contributed by atoms with E-state index in [-0.39, 0.29) is 10.8 Å². The summed E-state index contributed by atoms with van der Waals surface area (Å²) in [6.45, 7) is 5.88. The number of amides is 1. The lowest BCUT2D eigenvalue weighted by atomic mass is 10.2. The van der Waals surface area contributed by atoms with E-state index in [9.17, 15) is 13.2 Å². The predicted molar refractivity (Wildman–Crippen MR) is 122 cm³/mol. The normalized spacial score (nSPS) is 18.6. The van der Waals surface area contributed by atoms with Crippen LogP contribution in [0.2, 0.25) is 0 Å². The summed E-state index contributed by atoms with van der Waals surface area (Å²) in [5.74, 6) is 0.772. The molecule has 1 N–H and O–H groups in total. The maximum atomic E-state index is 13.1. The van der Waals surface area contributed by atoms with Crippen molar-refractivity contribution in [3.63, 3.8) is 0 Å². The molecule has 1 saturated heterocycles. The number of aryl methyl sites for hydroxylation is 2. The van der Waals surface area contributed by atoms with Crippen LogP contribution in [0.15, 0.2) is 28.3 Å². The number of ether oxygens (including phenoxy) is 1. The Balaban J connectivity index is 1.46. The minimum Gasteiger partial charge on any atom is -0.379 e. The van der Waals surface area contributed by atoms with Gasteiger partial charge in [0.1, 0.15) is 5.82 Å². The lowest BCUT2D eigenvalue weighted by Gasteiger charge is -2.27. The van der Waals surface area contributed by atoms with E-state index in [2.05, 4.69) is 20.1 Å². The van der Waals surface area contributed by atoms with E-state index in [1.54, 1.807) is 25.1 Å². The third-order valence-electron chi connectivity index (χ3n) is 5.77. The number of hydrogen-bond donors (Lipinski definition) is 1. The minimum absolute atomic E-state index is 0.209. The molecule has 3 heterocycles. The molecule has 9 nitrogen and oxygen atoms in total. The van der Waals surface area contributed by atoms with Gasteiger partial charge in [-0.15, -0.1) is 10.2 Å². The zero-order valence-electron chi connectivity index (χ0n) is 18.4. The molecule has 0 aliphatic carbocycles. The van der Waals surface area contributed by atoms with Crippen molar-refractivity contribution in [3.8, 4) is 0 Å². The first-order valence-corrected chi connectivity index (χ1v) is 13.3. The highest BCUT2D eigenvalue weighted by Gasteiger charge is 2.28. The summed E-state index contributed by atoms with van der Waals surface area (Å²) in [6.07, 6.45) is 4.29. The second-order valence-electron chi connectivity index (χ2n) is 8.11. The van der Waals surface area contributed by atoms with Crippen LogP contribution in [0.3, 0.4) is 0 Å². The first-order valence-electron chi connectivity index (χ1n) is 10.9. The molecule has 0 bridgehead atoms. The van der Waals surface area contributed by atoms with Crippen molar-refractivity contribution in [2.75, 3.05) is 31.6 Å². The molecule has 2 aliphatic rings. The molecule has 0 unspecified atom stereocenters. The van der Waals surface area contributed by atoms with E-state index in [0.29, 0.717) is 37.6 Å². The van der Waals surface area contributed by atoms with Gasteiger partial charge in [-0.2, -0.15) is 4.31 Å². The van der Waals surface area contributed by atoms with Gasteiger partial charge in [0.25, 0.3) is 0 Å². The topological polar surface area (TPSA) is 106 Å². The van der Waals surface area contributed by atoms with Crippen molar-refractivity contribution in [2.24, 2.45) is 0 Å². The Hall–Kier alpha value is -1.95. The SMILES string of the molecule is Cc1ccc(NC(=O)[C@H](C)Sc2nnc3n2CCCCC3)cc1S(=O)(=O)N1CCOCC1. The number of fused-ring (bicyclic) bond motifs is 1. The minimum atomic E-state index is -3.65. The molecule has 0 radical (unpaired) electrons. The van der Waals surface area contributed by atoms with Crippen LogP contribution < -0.4 is 5.32 Å². The molecular weight excluding hydrogens is 450 g/mol. The average Bonchev–Trinajstić information content (AvgIpc) is 3.01. The maximum absolute atomic E-state index is 13.1. The largest absolute Gasteiger partial charge is 0.379 e. The number of rotatable bonds is 6. The first kappa shape index (κ1) is 23.2. The van der Waals surface area contributed by atoms with Crippen LogP contribution in [-0.4, -0.2) is 64.9 Å². The standard InChI is InChI=1S/C21H29N5O4S2/c1-15-7-8-17(14-18(15)32(28,29)25-10-12-30-13-11-25)22-20(27)16(2)31-21-24-23-19-6-4-3-5-9-26(19)21/h7-8,14,16H,3-6,9-13H2,1-2H3,(H,22,27)/t16-/m0/s1. The quantitative estimate of drug-likeness (QED) is 0.634. The molecule has 0 spiro atoms. The summed E-state index contributed by atoms with van der Waals surface area (Å²) in [5, 5.41) is 11.8. The zero-order valence-corrected chi connectivity index (χ0v) is 20.0. The van der Waals surface area contributed by atoms with E-state index >= 15 is 0 Å². The summed E-state index contributed by atoms with van der Waals surface area (Å²) < 4.78 is 35.0. The van der Waals surface area contributed by atoms with Gasteiger partial charge < -0.3 is 14.6 Å². The number of thioether (sulfide) groups is 1. The van der Waals surface area contributed by atoms with Crippen LogP contribution in [0, 0.1) is 6.92 Å². The number of carbonyl (C=O) groups excluding carboxylic acids is 1. The highest BCUT2D eigenvalue weighted by Crippen LogP contribution is 2.28. The van der Waals surface area contributed by atoms with Crippen LogP contribution in [0.5, 0.6) is 0 Å². The number of nitrogens with zero attached hydrogens (tertiary/aromatic N) is 4. The van der Waals surface area contributed by atoms with E-state index < -0.39 is 15.3 Å². The number of benzene rings is 1. The van der Waals surface area contributed by atoms with E-state index in [1.165, 1.54) is 22.5 Å². The van der Waals surface area contributed by atoms with Crippen LogP contribution in [0.4, 0.5) is 5.69 Å². The summed E-state index contributed by atoms with van der Waals surface area (Å²) >= 11 is 1.37. The lowest BCUT2D eigenvalue weighted by molar-refractivity contribution is -0.115. The molecule has 11 heteroatoms. The van der Waals surface area contributed by atoms with Gasteiger partial charge in [-0.1, -0.05) is 24.2 Å². The Bertz CT molecular complexity index is 1080. The van der Waals surface area contributed by atoms with Gasteiger partial charge in [0.15, 0.2) is 5.16 Å². The van der Waals surface area contributed by atoms with Crippen molar-refractivity contribution >= 4 is 33.4 Å². The van der Waals surface area contributed by atoms with Gasteiger partial charge >= 0.3 is 0 Å². The second-order valence-corrected chi connectivity index (χ2v) is 11.3. The molecule has 1 amide bonds. The third kappa shape index (κ3) is 5.00. The molecule has 32 heavy (non-hydrogen) atoms. The molecule has 2 aromatic rings. The second kappa shape index (κ2) is 9.90. The summed E-state index contributed by atoms with van der Waals surface area (Å²) in [5.41, 5.74) is 1.10. The smallest absolute Gasteiger partial charge is 0.243 e. The Morgan fingerprint density at radius 2 is 1.94 bits per heavy atom. The molecule has 174 valence electrons. The van der Waals surface area contributed by atoms with E-state index in [1.807, 2.05) is 6.92 Å². The summed E-state index contributed by atoms with van der Waals surface area (Å²) in [4.78, 5) is 13.1. The predicted octanol–water partition coefficient (Wildman–Crippen LogP) is 2.45. The molecule has 1 aromatic heterocycles. The van der Waals surface area contributed by atoms with Gasteiger partial charge in [-0.25, -0.2) is 8.42 Å². The van der Waals surface area contributed by atoms with Crippen LogP contribution >= 0.6 is 11.8 Å². The number of aromatic nitrogens is 3. The molecule has 4 rings (SSSR count). The number of anilines is 1. The Kier molecular flexibility index (Phi) is 7.18. The Morgan fingerprint density at radius 1 is 1.16 bits per heavy atom. The zero-order chi connectivity index (χ0) is 22.7. The fraction of sp³-hybridized carbons (Fsp3) is 0.571.